The standard InChI is InChI=1S/C10H10Br2O4/c1-9-5-3(11)4(12)6(15-5)10(9,2)8(14)16-7(9)13/h3-6H,1-2H3. The van der Waals surface area contributed by atoms with Crippen molar-refractivity contribution in [2.24, 2.45) is 10.8 Å². The average Bonchev–Trinajstić information content (AvgIpc) is 2.70. The predicted molar refractivity (Wildman–Crippen MR) is 61.4 cm³/mol. The Morgan fingerprint density at radius 3 is 1.75 bits per heavy atom. The van der Waals surface area contributed by atoms with Gasteiger partial charge in [-0.2, -0.15) is 0 Å². The summed E-state index contributed by atoms with van der Waals surface area (Å²) in [6.07, 6.45) is -0.628. The molecule has 0 radical (unpaired) electrons. The number of hydrogen-bond acceptors (Lipinski definition) is 4. The molecular weight excluding hydrogens is 344 g/mol. The zero-order chi connectivity index (χ0) is 11.9. The summed E-state index contributed by atoms with van der Waals surface area (Å²) in [6.45, 7) is 3.52. The first-order chi connectivity index (χ1) is 7.35. The van der Waals surface area contributed by atoms with Crippen LogP contribution in [0.4, 0.5) is 0 Å². The number of fused-ring (bicyclic) bond motifs is 5. The highest BCUT2D eigenvalue weighted by atomic mass is 79.9. The number of ether oxygens (including phenoxy) is 2. The molecule has 3 rings (SSSR count). The van der Waals surface area contributed by atoms with Crippen LogP contribution in [0.25, 0.3) is 0 Å². The van der Waals surface area contributed by atoms with Crippen LogP contribution in [0.5, 0.6) is 0 Å². The first-order valence-electron chi connectivity index (χ1n) is 5.05. The summed E-state index contributed by atoms with van der Waals surface area (Å²) < 4.78 is 10.6. The summed E-state index contributed by atoms with van der Waals surface area (Å²) in [5.74, 6) is -0.923. The lowest BCUT2D eigenvalue weighted by atomic mass is 9.59. The molecule has 4 nitrogen and oxygen atoms in total. The third kappa shape index (κ3) is 0.852. The predicted octanol–water partition coefficient (Wildman–Crippen LogP) is 1.39. The lowest BCUT2D eigenvalue weighted by molar-refractivity contribution is -0.159. The van der Waals surface area contributed by atoms with E-state index >= 15 is 0 Å². The summed E-state index contributed by atoms with van der Waals surface area (Å²) in [5.41, 5.74) is -1.74. The molecule has 0 aromatic heterocycles. The highest BCUT2D eigenvalue weighted by molar-refractivity contribution is 9.12. The smallest absolute Gasteiger partial charge is 0.323 e. The fraction of sp³-hybridized carbons (Fsp3) is 0.800. The number of carbonyl (C=O) groups excluding carboxylic acids is 2. The van der Waals surface area contributed by atoms with Crippen molar-refractivity contribution >= 4 is 43.8 Å². The van der Waals surface area contributed by atoms with Crippen molar-refractivity contribution in [2.75, 3.05) is 0 Å². The Hall–Kier alpha value is 0.0600. The van der Waals surface area contributed by atoms with Crippen molar-refractivity contribution in [3.05, 3.63) is 0 Å². The molecule has 6 heteroatoms. The van der Waals surface area contributed by atoms with Gasteiger partial charge in [0.25, 0.3) is 0 Å². The Balaban J connectivity index is 2.20. The maximum absolute atomic E-state index is 11.9. The zero-order valence-electron chi connectivity index (χ0n) is 8.70. The van der Waals surface area contributed by atoms with Gasteiger partial charge in [-0.05, 0) is 13.8 Å². The Bertz CT molecular complexity index is 376. The second kappa shape index (κ2) is 2.90. The molecule has 3 aliphatic heterocycles. The van der Waals surface area contributed by atoms with Gasteiger partial charge in [0.05, 0.1) is 21.9 Å². The summed E-state index contributed by atoms with van der Waals surface area (Å²) >= 11 is 7.03. The lowest BCUT2D eigenvalue weighted by Gasteiger charge is -2.39. The van der Waals surface area contributed by atoms with Crippen LogP contribution in [-0.2, 0) is 19.1 Å². The van der Waals surface area contributed by atoms with Crippen LogP contribution in [-0.4, -0.2) is 33.8 Å². The molecule has 3 fully saturated rings. The third-order valence-electron chi connectivity index (χ3n) is 4.43. The molecule has 6 atom stereocenters. The van der Waals surface area contributed by atoms with Gasteiger partial charge < -0.3 is 9.47 Å². The van der Waals surface area contributed by atoms with Crippen molar-refractivity contribution < 1.29 is 19.1 Å². The highest BCUT2D eigenvalue weighted by Crippen LogP contribution is 2.65. The molecule has 2 bridgehead atoms. The second-order valence-corrected chi connectivity index (χ2v) is 7.06. The number of hydrogen-bond donors (Lipinski definition) is 0. The number of carbonyl (C=O) groups is 2. The molecular formula is C10H10Br2O4. The first kappa shape index (κ1) is 11.2. The molecule has 0 aromatic carbocycles. The van der Waals surface area contributed by atoms with Crippen LogP contribution in [0.3, 0.4) is 0 Å². The largest absolute Gasteiger partial charge is 0.392 e. The van der Waals surface area contributed by atoms with Crippen LogP contribution in [0.15, 0.2) is 0 Å². The van der Waals surface area contributed by atoms with E-state index in [2.05, 4.69) is 31.9 Å². The topological polar surface area (TPSA) is 52.6 Å². The molecule has 0 amide bonds. The van der Waals surface area contributed by atoms with Crippen LogP contribution in [0.1, 0.15) is 13.8 Å². The van der Waals surface area contributed by atoms with Crippen LogP contribution in [0, 0.1) is 10.8 Å². The molecule has 3 heterocycles. The monoisotopic (exact) mass is 352 g/mol. The van der Waals surface area contributed by atoms with E-state index in [1.165, 1.54) is 0 Å². The summed E-state index contributed by atoms with van der Waals surface area (Å²) in [7, 11) is 0. The normalized spacial score (nSPS) is 59.0. The summed E-state index contributed by atoms with van der Waals surface area (Å²) in [4.78, 5) is 23.8. The van der Waals surface area contributed by atoms with E-state index in [-0.39, 0.29) is 21.9 Å². The molecule has 0 aromatic rings. The fourth-order valence-corrected chi connectivity index (χ4v) is 4.96. The highest BCUT2D eigenvalue weighted by Gasteiger charge is 2.80. The van der Waals surface area contributed by atoms with Gasteiger partial charge in [-0.1, -0.05) is 31.9 Å². The SMILES string of the molecule is CC12C(=O)OC(=O)C1(C)C1OC2C(Br)C1Br. The molecule has 6 unspecified atom stereocenters. The van der Waals surface area contributed by atoms with Gasteiger partial charge in [-0.25, -0.2) is 0 Å². The maximum atomic E-state index is 11.9. The Labute approximate surface area is 109 Å². The number of rotatable bonds is 0. The average molecular weight is 354 g/mol. The van der Waals surface area contributed by atoms with Crippen molar-refractivity contribution in [1.82, 2.24) is 0 Å². The van der Waals surface area contributed by atoms with Gasteiger partial charge >= 0.3 is 11.9 Å². The number of cyclic esters (lactones) is 2. The minimum atomic E-state index is -0.868. The van der Waals surface area contributed by atoms with Gasteiger partial charge in [0.2, 0.25) is 0 Å². The quantitative estimate of drug-likeness (QED) is 0.375. The minimum Gasteiger partial charge on any atom is -0.392 e. The van der Waals surface area contributed by atoms with E-state index in [1.807, 2.05) is 0 Å². The fourth-order valence-electron chi connectivity index (χ4n) is 3.09. The molecule has 16 heavy (non-hydrogen) atoms. The molecule has 0 aliphatic carbocycles. The summed E-state index contributed by atoms with van der Waals surface area (Å²) in [5, 5.41) is 0. The van der Waals surface area contributed by atoms with Crippen molar-refractivity contribution in [3.63, 3.8) is 0 Å². The molecule has 0 saturated carbocycles. The van der Waals surface area contributed by atoms with Gasteiger partial charge in [0, 0.05) is 0 Å². The lowest BCUT2D eigenvalue weighted by Crippen LogP contribution is -2.56. The van der Waals surface area contributed by atoms with Crippen LogP contribution < -0.4 is 0 Å². The second-order valence-electron chi connectivity index (χ2n) is 4.95. The van der Waals surface area contributed by atoms with E-state index in [9.17, 15) is 9.59 Å². The Morgan fingerprint density at radius 2 is 1.38 bits per heavy atom. The van der Waals surface area contributed by atoms with Gasteiger partial charge in [0.15, 0.2) is 0 Å². The first-order valence-corrected chi connectivity index (χ1v) is 6.88. The van der Waals surface area contributed by atoms with E-state index < -0.39 is 22.8 Å². The Morgan fingerprint density at radius 1 is 1.00 bits per heavy atom. The van der Waals surface area contributed by atoms with Crippen molar-refractivity contribution in [1.29, 1.82) is 0 Å². The van der Waals surface area contributed by atoms with Crippen molar-refractivity contribution in [3.8, 4) is 0 Å². The minimum absolute atomic E-state index is 0.0222. The van der Waals surface area contributed by atoms with E-state index in [0.29, 0.717) is 0 Å². The molecule has 3 saturated heterocycles. The van der Waals surface area contributed by atoms with Gasteiger partial charge in [-0.15, -0.1) is 0 Å². The number of halogens is 2. The third-order valence-corrected chi connectivity index (χ3v) is 7.24. The van der Waals surface area contributed by atoms with Gasteiger partial charge in [0.1, 0.15) is 10.8 Å². The molecule has 0 N–H and O–H groups in total. The van der Waals surface area contributed by atoms with Crippen LogP contribution >= 0.6 is 31.9 Å². The number of esters is 2. The maximum Gasteiger partial charge on any atom is 0.323 e. The zero-order valence-corrected chi connectivity index (χ0v) is 11.9. The number of alkyl halides is 2. The summed E-state index contributed by atoms with van der Waals surface area (Å²) in [6, 6.07) is 0. The molecule has 0 spiro atoms. The van der Waals surface area contributed by atoms with Crippen LogP contribution in [0.2, 0.25) is 0 Å². The van der Waals surface area contributed by atoms with E-state index in [0.717, 1.165) is 0 Å². The Kier molecular flexibility index (Phi) is 2.02. The van der Waals surface area contributed by atoms with E-state index in [4.69, 9.17) is 9.47 Å². The molecule has 88 valence electrons. The van der Waals surface area contributed by atoms with Gasteiger partial charge in [-0.3, -0.25) is 9.59 Å². The van der Waals surface area contributed by atoms with E-state index in [1.54, 1.807) is 13.8 Å². The van der Waals surface area contributed by atoms with Crippen molar-refractivity contribution in [2.45, 2.75) is 35.7 Å². The molecule has 3 aliphatic rings.